The standard InChI is InChI=1S/C36H42N4O8S/c1-5-25(3)48-40(49(45,46)29-18-16-28(47-4)17-19-29)23-34(42)32(22-26-11-7-6-8-12-26)38-36(44)33(21-24(2)41)39-35(43)31-20-15-27-13-9-10-14-30(27)37-31/h6-20,25,32-34,42H,5,21-23H2,1-4H3,(H,38,44)(H,39,43)/t25?,32-,33-,34+/m0/s1. The van der Waals surface area contributed by atoms with Crippen LogP contribution in [0.15, 0.2) is 95.9 Å². The van der Waals surface area contributed by atoms with Gasteiger partial charge in [0.15, 0.2) is 0 Å². The van der Waals surface area contributed by atoms with Crippen molar-refractivity contribution in [2.24, 2.45) is 0 Å². The van der Waals surface area contributed by atoms with Gasteiger partial charge in [0.1, 0.15) is 23.3 Å². The highest BCUT2D eigenvalue weighted by Gasteiger charge is 2.34. The molecule has 0 aliphatic heterocycles. The molecule has 0 radical (unpaired) electrons. The predicted molar refractivity (Wildman–Crippen MR) is 184 cm³/mol. The molecule has 2 amide bonds. The molecule has 0 fully saturated rings. The summed E-state index contributed by atoms with van der Waals surface area (Å²) < 4.78 is 33.4. The van der Waals surface area contributed by atoms with Crippen LogP contribution in [0.5, 0.6) is 5.75 Å². The molecule has 13 heteroatoms. The number of Topliss-reactive ketones (excluding diaryl/α,β-unsaturated/α-hetero) is 1. The van der Waals surface area contributed by atoms with E-state index in [1.165, 1.54) is 44.4 Å². The highest BCUT2D eigenvalue weighted by Crippen LogP contribution is 2.22. The Morgan fingerprint density at radius 1 is 0.918 bits per heavy atom. The number of benzene rings is 3. The number of ether oxygens (including phenoxy) is 1. The summed E-state index contributed by atoms with van der Waals surface area (Å²) in [4.78, 5) is 49.4. The lowest BCUT2D eigenvalue weighted by atomic mass is 10.00. The summed E-state index contributed by atoms with van der Waals surface area (Å²) in [6.45, 7) is 4.28. The largest absolute Gasteiger partial charge is 0.497 e. The summed E-state index contributed by atoms with van der Waals surface area (Å²) in [6.07, 6.45) is -1.76. The van der Waals surface area contributed by atoms with Gasteiger partial charge in [-0.25, -0.2) is 13.4 Å². The van der Waals surface area contributed by atoms with Gasteiger partial charge >= 0.3 is 0 Å². The molecular weight excluding hydrogens is 648 g/mol. The van der Waals surface area contributed by atoms with Crippen LogP contribution in [0, 0.1) is 0 Å². The van der Waals surface area contributed by atoms with Gasteiger partial charge in [-0.05, 0) is 68.7 Å². The smallest absolute Gasteiger partial charge is 0.270 e. The molecule has 0 saturated carbocycles. The van der Waals surface area contributed by atoms with Gasteiger partial charge in [0.05, 0.1) is 42.3 Å². The van der Waals surface area contributed by atoms with E-state index < -0.39 is 52.7 Å². The van der Waals surface area contributed by atoms with Crippen molar-refractivity contribution < 1.29 is 37.5 Å². The molecule has 4 rings (SSSR count). The van der Waals surface area contributed by atoms with E-state index in [0.29, 0.717) is 17.7 Å². The van der Waals surface area contributed by atoms with Crippen LogP contribution in [-0.4, -0.2) is 78.5 Å². The summed E-state index contributed by atoms with van der Waals surface area (Å²) in [5.41, 5.74) is 1.39. The number of carbonyl (C=O) groups excluding carboxylic acids is 3. The Morgan fingerprint density at radius 3 is 2.24 bits per heavy atom. The average molecular weight is 691 g/mol. The van der Waals surface area contributed by atoms with E-state index in [-0.39, 0.29) is 29.2 Å². The lowest BCUT2D eigenvalue weighted by Crippen LogP contribution is -2.56. The normalized spacial score (nSPS) is 14.1. The number of methoxy groups -OCH3 is 1. The molecule has 1 heterocycles. The number of nitrogens with one attached hydrogen (secondary N) is 2. The number of rotatable bonds is 17. The van der Waals surface area contributed by atoms with Crippen molar-refractivity contribution >= 4 is 38.5 Å². The number of sulfonamides is 1. The van der Waals surface area contributed by atoms with Gasteiger partial charge in [0.2, 0.25) is 5.91 Å². The molecule has 49 heavy (non-hydrogen) atoms. The highest BCUT2D eigenvalue weighted by molar-refractivity contribution is 7.89. The number of aliphatic hydroxyl groups excluding tert-OH is 1. The Kier molecular flexibility index (Phi) is 13.0. The molecule has 0 bridgehead atoms. The number of hydrogen-bond donors (Lipinski definition) is 3. The number of hydroxylamine groups is 1. The fourth-order valence-corrected chi connectivity index (χ4v) is 6.30. The van der Waals surface area contributed by atoms with Gasteiger partial charge in [-0.15, -0.1) is 0 Å². The van der Waals surface area contributed by atoms with Crippen molar-refractivity contribution in [3.63, 3.8) is 0 Å². The first-order valence-corrected chi connectivity index (χ1v) is 17.4. The minimum atomic E-state index is -4.28. The summed E-state index contributed by atoms with van der Waals surface area (Å²) in [7, 11) is -2.82. The maximum atomic E-state index is 13.8. The molecule has 1 aromatic heterocycles. The fourth-order valence-electron chi connectivity index (χ4n) is 4.97. The van der Waals surface area contributed by atoms with Gasteiger partial charge in [-0.3, -0.25) is 19.2 Å². The molecule has 4 aromatic rings. The third-order valence-electron chi connectivity index (χ3n) is 7.87. The topological polar surface area (TPSA) is 164 Å². The van der Waals surface area contributed by atoms with Crippen LogP contribution in [0.2, 0.25) is 0 Å². The van der Waals surface area contributed by atoms with Gasteiger partial charge in [-0.2, -0.15) is 0 Å². The molecule has 1 unspecified atom stereocenters. The number of aliphatic hydroxyl groups is 1. The highest BCUT2D eigenvalue weighted by atomic mass is 32.2. The molecule has 3 aromatic carbocycles. The summed E-state index contributed by atoms with van der Waals surface area (Å²) in [5.74, 6) is -1.30. The molecule has 0 spiro atoms. The van der Waals surface area contributed by atoms with Crippen LogP contribution >= 0.6 is 0 Å². The number of carbonyl (C=O) groups is 3. The number of hydrogen-bond acceptors (Lipinski definition) is 9. The maximum Gasteiger partial charge on any atom is 0.270 e. The molecule has 0 aliphatic rings. The zero-order chi connectivity index (χ0) is 35.6. The summed E-state index contributed by atoms with van der Waals surface area (Å²) in [6, 6.07) is 22.9. The molecule has 0 saturated heterocycles. The van der Waals surface area contributed by atoms with Crippen LogP contribution in [0.1, 0.15) is 49.7 Å². The van der Waals surface area contributed by atoms with Gasteiger partial charge in [-0.1, -0.05) is 66.0 Å². The van der Waals surface area contributed by atoms with Crippen LogP contribution in [0.3, 0.4) is 0 Å². The Balaban J connectivity index is 1.60. The van der Waals surface area contributed by atoms with Crippen molar-refractivity contribution in [2.45, 2.75) is 69.2 Å². The predicted octanol–water partition coefficient (Wildman–Crippen LogP) is 3.83. The van der Waals surface area contributed by atoms with Crippen LogP contribution in [0.4, 0.5) is 0 Å². The Bertz CT molecular complexity index is 1840. The van der Waals surface area contributed by atoms with E-state index in [1.54, 1.807) is 49.4 Å². The monoisotopic (exact) mass is 690 g/mol. The second-order valence-corrected chi connectivity index (χ2v) is 13.5. The van der Waals surface area contributed by atoms with Gasteiger partial charge in [0, 0.05) is 11.8 Å². The molecule has 3 N–H and O–H groups in total. The van der Waals surface area contributed by atoms with Crippen LogP contribution in [0.25, 0.3) is 10.9 Å². The maximum absolute atomic E-state index is 13.8. The number of aromatic nitrogens is 1. The van der Waals surface area contributed by atoms with E-state index in [2.05, 4.69) is 15.6 Å². The average Bonchev–Trinajstić information content (AvgIpc) is 3.10. The molecular formula is C36H42N4O8S. The minimum absolute atomic E-state index is 0.0579. The van der Waals surface area contributed by atoms with E-state index in [0.717, 1.165) is 15.4 Å². The first-order valence-electron chi connectivity index (χ1n) is 15.9. The number of ketones is 1. The van der Waals surface area contributed by atoms with E-state index in [9.17, 15) is 27.9 Å². The molecule has 0 aliphatic carbocycles. The number of amides is 2. The second kappa shape index (κ2) is 17.1. The van der Waals surface area contributed by atoms with Crippen LogP contribution in [-0.2, 0) is 30.9 Å². The lowest BCUT2D eigenvalue weighted by molar-refractivity contribution is -0.144. The van der Waals surface area contributed by atoms with Gasteiger partial charge in [0.25, 0.3) is 15.9 Å². The molecule has 260 valence electrons. The van der Waals surface area contributed by atoms with E-state index in [4.69, 9.17) is 9.57 Å². The van der Waals surface area contributed by atoms with Crippen molar-refractivity contribution in [1.82, 2.24) is 20.1 Å². The first kappa shape index (κ1) is 37.1. The SMILES string of the molecule is CCC(C)ON(C[C@@H](O)[C@H](Cc1ccccc1)NC(=O)[C@H](CC(C)=O)NC(=O)c1ccc2ccccc2n1)S(=O)(=O)c1ccc(OC)cc1. The number of nitrogens with zero attached hydrogens (tertiary/aromatic N) is 2. The molecule has 4 atom stereocenters. The Hall–Kier alpha value is -4.69. The van der Waals surface area contributed by atoms with Gasteiger partial charge < -0.3 is 20.5 Å². The second-order valence-electron chi connectivity index (χ2n) is 11.7. The van der Waals surface area contributed by atoms with Crippen molar-refractivity contribution in [3.8, 4) is 5.75 Å². The lowest BCUT2D eigenvalue weighted by Gasteiger charge is -2.31. The van der Waals surface area contributed by atoms with Crippen molar-refractivity contribution in [1.29, 1.82) is 0 Å². The fraction of sp³-hybridized carbons (Fsp3) is 0.333. The van der Waals surface area contributed by atoms with Crippen molar-refractivity contribution in [3.05, 3.63) is 102 Å². The molecule has 12 nitrogen and oxygen atoms in total. The summed E-state index contributed by atoms with van der Waals surface area (Å²) in [5, 5.41) is 17.8. The third-order valence-corrected chi connectivity index (χ3v) is 9.51. The van der Waals surface area contributed by atoms with E-state index in [1.807, 2.05) is 25.1 Å². The summed E-state index contributed by atoms with van der Waals surface area (Å²) >= 11 is 0. The third kappa shape index (κ3) is 10.2. The number of pyridine rings is 1. The Morgan fingerprint density at radius 2 is 1.59 bits per heavy atom. The Labute approximate surface area is 286 Å². The zero-order valence-corrected chi connectivity index (χ0v) is 28.7. The quantitative estimate of drug-likeness (QED) is 0.140. The number of fused-ring (bicyclic) bond motifs is 1. The van der Waals surface area contributed by atoms with Crippen molar-refractivity contribution in [2.75, 3.05) is 13.7 Å². The number of para-hydroxylation sites is 1. The minimum Gasteiger partial charge on any atom is -0.497 e. The van der Waals surface area contributed by atoms with Crippen LogP contribution < -0.4 is 15.4 Å². The van der Waals surface area contributed by atoms with E-state index >= 15 is 0 Å². The zero-order valence-electron chi connectivity index (χ0n) is 27.9. The first-order chi connectivity index (χ1) is 23.4.